The Bertz CT molecular complexity index is 739. The molecule has 2 aromatic rings. The summed E-state index contributed by atoms with van der Waals surface area (Å²) in [7, 11) is 0. The maximum atomic E-state index is 12.7. The molecule has 4 nitrogen and oxygen atoms in total. The quantitative estimate of drug-likeness (QED) is 0.907. The molecule has 0 aliphatic carbocycles. The Morgan fingerprint density at radius 3 is 2.08 bits per heavy atom. The molecule has 3 rings (SSSR count). The maximum Gasteiger partial charge on any atom is 0.265 e. The van der Waals surface area contributed by atoms with Crippen LogP contribution in [0.25, 0.3) is 0 Å². The molecular weight excluding hydrogens is 314 g/mol. The van der Waals surface area contributed by atoms with Crippen molar-refractivity contribution < 1.29 is 14.3 Å². The predicted molar refractivity (Wildman–Crippen MR) is 98.0 cm³/mol. The van der Waals surface area contributed by atoms with Gasteiger partial charge in [0.25, 0.3) is 5.91 Å². The Balaban J connectivity index is 1.67. The summed E-state index contributed by atoms with van der Waals surface area (Å²) >= 11 is 0. The molecule has 0 saturated carbocycles. The van der Waals surface area contributed by atoms with E-state index in [0.29, 0.717) is 17.4 Å². The van der Waals surface area contributed by atoms with E-state index in [-0.39, 0.29) is 18.1 Å². The third kappa shape index (κ3) is 3.78. The molecule has 0 fully saturated rings. The third-order valence-electron chi connectivity index (χ3n) is 4.56. The third-order valence-corrected chi connectivity index (χ3v) is 4.56. The van der Waals surface area contributed by atoms with Gasteiger partial charge >= 0.3 is 0 Å². The van der Waals surface area contributed by atoms with E-state index >= 15 is 0 Å². The molecular formula is C21H25NO3. The van der Waals surface area contributed by atoms with E-state index in [1.165, 1.54) is 5.56 Å². The zero-order valence-corrected chi connectivity index (χ0v) is 15.2. The Labute approximate surface area is 149 Å². The monoisotopic (exact) mass is 339 g/mol. The highest BCUT2D eigenvalue weighted by Gasteiger charge is 2.34. The van der Waals surface area contributed by atoms with Gasteiger partial charge in [-0.2, -0.15) is 0 Å². The summed E-state index contributed by atoms with van der Waals surface area (Å²) in [4.78, 5) is 12.7. The number of para-hydroxylation sites is 2. The summed E-state index contributed by atoms with van der Waals surface area (Å²) in [6.07, 6.45) is -1.00. The molecule has 3 unspecified atom stereocenters. The maximum absolute atomic E-state index is 12.7. The van der Waals surface area contributed by atoms with Crippen LogP contribution in [-0.4, -0.2) is 18.1 Å². The Morgan fingerprint density at radius 2 is 1.48 bits per heavy atom. The van der Waals surface area contributed by atoms with E-state index in [1.807, 2.05) is 38.1 Å². The molecule has 0 bridgehead atoms. The van der Waals surface area contributed by atoms with Crippen LogP contribution in [-0.2, 0) is 4.79 Å². The molecule has 2 aromatic carbocycles. The lowest BCUT2D eigenvalue weighted by Gasteiger charge is -2.31. The van der Waals surface area contributed by atoms with E-state index in [4.69, 9.17) is 9.47 Å². The Hall–Kier alpha value is -2.49. The second kappa shape index (κ2) is 7.18. The van der Waals surface area contributed by atoms with Crippen LogP contribution in [0.2, 0.25) is 0 Å². The van der Waals surface area contributed by atoms with E-state index in [0.717, 1.165) is 5.56 Å². The summed E-state index contributed by atoms with van der Waals surface area (Å²) in [6.45, 7) is 8.16. The molecule has 132 valence electrons. The van der Waals surface area contributed by atoms with Gasteiger partial charge < -0.3 is 14.8 Å². The summed E-state index contributed by atoms with van der Waals surface area (Å²) in [5.74, 6) is 1.61. The van der Waals surface area contributed by atoms with Crippen LogP contribution >= 0.6 is 0 Å². The van der Waals surface area contributed by atoms with Gasteiger partial charge in [0.15, 0.2) is 11.5 Å². The van der Waals surface area contributed by atoms with Gasteiger partial charge in [-0.25, -0.2) is 0 Å². The van der Waals surface area contributed by atoms with Gasteiger partial charge in [0.1, 0.15) is 6.10 Å². The SMILES string of the molecule is CC(C)c1ccc(C(C)NC(=O)C2Oc3ccccc3OC2C)cc1. The summed E-state index contributed by atoms with van der Waals surface area (Å²) in [5.41, 5.74) is 2.36. The molecule has 4 heteroatoms. The molecule has 1 heterocycles. The highest BCUT2D eigenvalue weighted by Crippen LogP contribution is 2.33. The first kappa shape index (κ1) is 17.3. The van der Waals surface area contributed by atoms with Crippen molar-refractivity contribution in [3.8, 4) is 11.5 Å². The Kier molecular flexibility index (Phi) is 4.98. The minimum absolute atomic E-state index is 0.0957. The number of benzene rings is 2. The number of rotatable bonds is 4. The van der Waals surface area contributed by atoms with Crippen molar-refractivity contribution in [2.24, 2.45) is 0 Å². The van der Waals surface area contributed by atoms with Crippen molar-refractivity contribution in [2.45, 2.75) is 51.9 Å². The first-order valence-electron chi connectivity index (χ1n) is 8.78. The second-order valence-corrected chi connectivity index (χ2v) is 6.86. The van der Waals surface area contributed by atoms with Crippen LogP contribution in [0.15, 0.2) is 48.5 Å². The molecule has 1 aliphatic rings. The van der Waals surface area contributed by atoms with Gasteiger partial charge in [-0.1, -0.05) is 50.2 Å². The van der Waals surface area contributed by atoms with Crippen LogP contribution in [0, 0.1) is 0 Å². The molecule has 25 heavy (non-hydrogen) atoms. The molecule has 3 atom stereocenters. The first-order valence-corrected chi connectivity index (χ1v) is 8.78. The van der Waals surface area contributed by atoms with Crippen molar-refractivity contribution in [3.63, 3.8) is 0 Å². The molecule has 1 amide bonds. The van der Waals surface area contributed by atoms with E-state index < -0.39 is 6.10 Å². The Morgan fingerprint density at radius 1 is 0.920 bits per heavy atom. The highest BCUT2D eigenvalue weighted by atomic mass is 16.6. The van der Waals surface area contributed by atoms with Gasteiger partial charge in [0.05, 0.1) is 6.04 Å². The van der Waals surface area contributed by atoms with Crippen LogP contribution in [0.5, 0.6) is 11.5 Å². The first-order chi connectivity index (χ1) is 12.0. The predicted octanol–water partition coefficient (Wildman–Crippen LogP) is 4.22. The second-order valence-electron chi connectivity index (χ2n) is 6.86. The van der Waals surface area contributed by atoms with Gasteiger partial charge in [0, 0.05) is 0 Å². The zero-order chi connectivity index (χ0) is 18.0. The van der Waals surface area contributed by atoms with Crippen molar-refractivity contribution in [1.29, 1.82) is 0 Å². The number of hydrogen-bond acceptors (Lipinski definition) is 3. The number of fused-ring (bicyclic) bond motifs is 1. The fourth-order valence-corrected chi connectivity index (χ4v) is 2.95. The normalized spacial score (nSPS) is 20.2. The lowest BCUT2D eigenvalue weighted by Crippen LogP contribution is -2.49. The molecule has 1 aliphatic heterocycles. The van der Waals surface area contributed by atoms with Gasteiger partial charge in [-0.15, -0.1) is 0 Å². The number of carbonyl (C=O) groups is 1. The van der Waals surface area contributed by atoms with E-state index in [9.17, 15) is 4.79 Å². The van der Waals surface area contributed by atoms with Crippen LogP contribution < -0.4 is 14.8 Å². The summed E-state index contributed by atoms with van der Waals surface area (Å²) in [5, 5.41) is 3.03. The highest BCUT2D eigenvalue weighted by molar-refractivity contribution is 5.82. The van der Waals surface area contributed by atoms with Gasteiger partial charge in [0.2, 0.25) is 6.10 Å². The van der Waals surface area contributed by atoms with Crippen LogP contribution in [0.1, 0.15) is 50.8 Å². The molecule has 0 aromatic heterocycles. The average Bonchev–Trinajstić information content (AvgIpc) is 2.61. The minimum atomic E-state index is -0.660. The largest absolute Gasteiger partial charge is 0.482 e. The number of hydrogen-bond donors (Lipinski definition) is 1. The van der Waals surface area contributed by atoms with Crippen molar-refractivity contribution in [3.05, 3.63) is 59.7 Å². The summed E-state index contributed by atoms with van der Waals surface area (Å²) in [6, 6.07) is 15.7. The van der Waals surface area contributed by atoms with Gasteiger partial charge in [-0.05, 0) is 43.0 Å². The van der Waals surface area contributed by atoms with Gasteiger partial charge in [-0.3, -0.25) is 4.79 Å². The van der Waals surface area contributed by atoms with E-state index in [1.54, 1.807) is 0 Å². The zero-order valence-electron chi connectivity index (χ0n) is 15.2. The van der Waals surface area contributed by atoms with Crippen molar-refractivity contribution >= 4 is 5.91 Å². The number of carbonyl (C=O) groups excluding carboxylic acids is 1. The molecule has 0 spiro atoms. The van der Waals surface area contributed by atoms with Crippen LogP contribution in [0.4, 0.5) is 0 Å². The standard InChI is InChI=1S/C21H25NO3/c1-13(2)16-9-11-17(12-10-16)14(3)22-21(23)20-15(4)24-18-7-5-6-8-19(18)25-20/h5-15,20H,1-4H3,(H,22,23). The number of amides is 1. The van der Waals surface area contributed by atoms with Crippen LogP contribution in [0.3, 0.4) is 0 Å². The number of nitrogens with one attached hydrogen (secondary N) is 1. The minimum Gasteiger partial charge on any atom is -0.482 e. The molecule has 0 saturated heterocycles. The molecule has 0 radical (unpaired) electrons. The van der Waals surface area contributed by atoms with E-state index in [2.05, 4.69) is 43.4 Å². The fourth-order valence-electron chi connectivity index (χ4n) is 2.95. The lowest BCUT2D eigenvalue weighted by atomic mass is 9.99. The van der Waals surface area contributed by atoms with Crippen molar-refractivity contribution in [1.82, 2.24) is 5.32 Å². The lowest BCUT2D eigenvalue weighted by molar-refractivity contribution is -0.134. The number of ether oxygens (including phenoxy) is 2. The topological polar surface area (TPSA) is 47.6 Å². The fraction of sp³-hybridized carbons (Fsp3) is 0.381. The smallest absolute Gasteiger partial charge is 0.265 e. The van der Waals surface area contributed by atoms with Crippen molar-refractivity contribution in [2.75, 3.05) is 0 Å². The molecule has 1 N–H and O–H groups in total. The summed E-state index contributed by atoms with van der Waals surface area (Å²) < 4.78 is 11.7. The average molecular weight is 339 g/mol.